The molecule has 0 aliphatic carbocycles. The summed E-state index contributed by atoms with van der Waals surface area (Å²) in [4.78, 5) is 18.0. The van der Waals surface area contributed by atoms with Gasteiger partial charge < -0.3 is 10.2 Å². The predicted octanol–water partition coefficient (Wildman–Crippen LogP) is 4.00. The number of nitrogens with zero attached hydrogens (tertiary/aromatic N) is 2. The molecular formula is C22H28FN3OS. The van der Waals surface area contributed by atoms with Gasteiger partial charge in [-0.1, -0.05) is 6.07 Å². The van der Waals surface area contributed by atoms with Crippen molar-refractivity contribution < 1.29 is 9.18 Å². The third kappa shape index (κ3) is 4.73. The molecule has 0 spiro atoms. The average Bonchev–Trinajstić information content (AvgIpc) is 3.28. The van der Waals surface area contributed by atoms with Crippen LogP contribution in [0.5, 0.6) is 0 Å². The summed E-state index contributed by atoms with van der Waals surface area (Å²) in [5, 5.41) is 5.06. The Kier molecular flexibility index (Phi) is 6.27. The van der Waals surface area contributed by atoms with Crippen LogP contribution in [0.25, 0.3) is 0 Å². The molecule has 4 nitrogen and oxygen atoms in total. The van der Waals surface area contributed by atoms with Gasteiger partial charge in [-0.3, -0.25) is 9.69 Å². The van der Waals surface area contributed by atoms with E-state index in [-0.39, 0.29) is 11.7 Å². The van der Waals surface area contributed by atoms with Crippen LogP contribution in [0.2, 0.25) is 0 Å². The van der Waals surface area contributed by atoms with Crippen LogP contribution in [-0.4, -0.2) is 49.6 Å². The highest BCUT2D eigenvalue weighted by Crippen LogP contribution is 2.26. The summed E-state index contributed by atoms with van der Waals surface area (Å²) in [6.45, 7) is 5.04. The molecule has 2 aliphatic rings. The van der Waals surface area contributed by atoms with Crippen molar-refractivity contribution in [3.63, 3.8) is 0 Å². The lowest BCUT2D eigenvalue weighted by molar-refractivity contribution is 0.0892. The van der Waals surface area contributed by atoms with E-state index in [1.54, 1.807) is 12.1 Å². The second-order valence-corrected chi connectivity index (χ2v) is 8.83. The SMILES string of the molecule is O=C(NC[C@@H]1CCCN(C2CCN(c3ccc(F)cc3)CC2)C1)c1cccs1. The molecule has 2 aromatic rings. The van der Waals surface area contributed by atoms with E-state index in [1.807, 2.05) is 29.6 Å². The zero-order chi connectivity index (χ0) is 19.3. The standard InChI is InChI=1S/C22H28FN3OS/c23-18-5-7-19(8-6-18)25-12-9-20(10-13-25)26-11-1-3-17(16-26)15-24-22(27)21-4-2-14-28-21/h2,4-8,14,17,20H,1,3,9-13,15-16H2,(H,24,27)/t17-/m0/s1. The fraction of sp³-hybridized carbons (Fsp3) is 0.500. The first kappa shape index (κ1) is 19.4. The lowest BCUT2D eigenvalue weighted by Crippen LogP contribution is -2.50. The van der Waals surface area contributed by atoms with E-state index >= 15 is 0 Å². The van der Waals surface area contributed by atoms with Crippen molar-refractivity contribution in [3.8, 4) is 0 Å². The fourth-order valence-corrected chi connectivity index (χ4v) is 5.11. The number of hydrogen-bond donors (Lipinski definition) is 1. The molecular weight excluding hydrogens is 373 g/mol. The quantitative estimate of drug-likeness (QED) is 0.823. The van der Waals surface area contributed by atoms with Gasteiger partial charge in [-0.15, -0.1) is 11.3 Å². The Balaban J connectivity index is 1.24. The number of halogens is 1. The minimum atomic E-state index is -0.177. The average molecular weight is 402 g/mol. The van der Waals surface area contributed by atoms with Crippen molar-refractivity contribution in [2.45, 2.75) is 31.7 Å². The fourth-order valence-electron chi connectivity index (χ4n) is 4.47. The first-order valence-corrected chi connectivity index (χ1v) is 11.1. The number of amides is 1. The summed E-state index contributed by atoms with van der Waals surface area (Å²) < 4.78 is 13.1. The van der Waals surface area contributed by atoms with E-state index in [0.29, 0.717) is 12.0 Å². The van der Waals surface area contributed by atoms with Gasteiger partial charge in [-0.05, 0) is 73.9 Å². The first-order valence-electron chi connectivity index (χ1n) is 10.3. The van der Waals surface area contributed by atoms with Crippen LogP contribution in [0.4, 0.5) is 10.1 Å². The lowest BCUT2D eigenvalue weighted by atomic mass is 9.93. The smallest absolute Gasteiger partial charge is 0.261 e. The molecule has 0 radical (unpaired) electrons. The molecule has 1 atom stereocenters. The molecule has 1 amide bonds. The van der Waals surface area contributed by atoms with Gasteiger partial charge >= 0.3 is 0 Å². The molecule has 2 aliphatic heterocycles. The summed E-state index contributed by atoms with van der Waals surface area (Å²) in [6, 6.07) is 11.3. The van der Waals surface area contributed by atoms with Gasteiger partial charge in [0, 0.05) is 37.9 Å². The van der Waals surface area contributed by atoms with Crippen LogP contribution >= 0.6 is 11.3 Å². The highest BCUT2D eigenvalue weighted by Gasteiger charge is 2.29. The second kappa shape index (κ2) is 9.05. The third-order valence-corrected chi connectivity index (χ3v) is 6.89. The molecule has 150 valence electrons. The van der Waals surface area contributed by atoms with Gasteiger partial charge in [0.15, 0.2) is 0 Å². The van der Waals surface area contributed by atoms with E-state index in [1.165, 1.54) is 24.2 Å². The monoisotopic (exact) mass is 401 g/mol. The van der Waals surface area contributed by atoms with Crippen LogP contribution < -0.4 is 10.2 Å². The van der Waals surface area contributed by atoms with E-state index in [0.717, 1.165) is 56.1 Å². The topological polar surface area (TPSA) is 35.6 Å². The summed E-state index contributed by atoms with van der Waals surface area (Å²) in [5.41, 5.74) is 1.12. The van der Waals surface area contributed by atoms with Crippen LogP contribution in [0.3, 0.4) is 0 Å². The molecule has 3 heterocycles. The molecule has 2 fully saturated rings. The molecule has 1 N–H and O–H groups in total. The number of hydrogen-bond acceptors (Lipinski definition) is 4. The van der Waals surface area contributed by atoms with Gasteiger partial charge in [0.25, 0.3) is 5.91 Å². The van der Waals surface area contributed by atoms with E-state index in [4.69, 9.17) is 0 Å². The largest absolute Gasteiger partial charge is 0.371 e. The highest BCUT2D eigenvalue weighted by atomic mass is 32.1. The van der Waals surface area contributed by atoms with Crippen LogP contribution in [0.1, 0.15) is 35.4 Å². The molecule has 4 rings (SSSR count). The summed E-state index contributed by atoms with van der Waals surface area (Å²) in [6.07, 6.45) is 4.69. The Morgan fingerprint density at radius 1 is 1.11 bits per heavy atom. The van der Waals surface area contributed by atoms with Crippen LogP contribution in [0, 0.1) is 11.7 Å². The molecule has 2 saturated heterocycles. The maximum Gasteiger partial charge on any atom is 0.261 e. The Bertz CT molecular complexity index is 757. The Hall–Kier alpha value is -1.92. The number of nitrogens with one attached hydrogen (secondary N) is 1. The third-order valence-electron chi connectivity index (χ3n) is 6.02. The maximum absolute atomic E-state index is 13.1. The number of anilines is 1. The molecule has 1 aromatic carbocycles. The maximum atomic E-state index is 13.1. The Morgan fingerprint density at radius 2 is 1.89 bits per heavy atom. The number of carbonyl (C=O) groups is 1. The van der Waals surface area contributed by atoms with Crippen molar-refractivity contribution >= 4 is 22.9 Å². The summed E-state index contributed by atoms with van der Waals surface area (Å²) in [5.74, 6) is 0.414. The number of benzene rings is 1. The number of carbonyl (C=O) groups excluding carboxylic acids is 1. The van der Waals surface area contributed by atoms with Crippen molar-refractivity contribution in [3.05, 3.63) is 52.5 Å². The van der Waals surface area contributed by atoms with Crippen molar-refractivity contribution in [1.82, 2.24) is 10.2 Å². The van der Waals surface area contributed by atoms with Gasteiger partial charge in [0.1, 0.15) is 5.82 Å². The Labute approximate surface area is 170 Å². The van der Waals surface area contributed by atoms with Crippen LogP contribution in [-0.2, 0) is 0 Å². The van der Waals surface area contributed by atoms with Crippen LogP contribution in [0.15, 0.2) is 41.8 Å². The number of thiophene rings is 1. The molecule has 0 bridgehead atoms. The molecule has 28 heavy (non-hydrogen) atoms. The molecule has 0 unspecified atom stereocenters. The first-order chi connectivity index (χ1) is 13.7. The number of rotatable bonds is 5. The molecule has 1 aromatic heterocycles. The Morgan fingerprint density at radius 3 is 2.61 bits per heavy atom. The van der Waals surface area contributed by atoms with Gasteiger partial charge in [0.05, 0.1) is 4.88 Å². The van der Waals surface area contributed by atoms with E-state index < -0.39 is 0 Å². The zero-order valence-electron chi connectivity index (χ0n) is 16.1. The molecule has 0 saturated carbocycles. The van der Waals surface area contributed by atoms with Crippen molar-refractivity contribution in [1.29, 1.82) is 0 Å². The second-order valence-electron chi connectivity index (χ2n) is 7.89. The lowest BCUT2D eigenvalue weighted by Gasteiger charge is -2.43. The minimum Gasteiger partial charge on any atom is -0.371 e. The molecule has 6 heteroatoms. The van der Waals surface area contributed by atoms with Gasteiger partial charge in [0.2, 0.25) is 0 Å². The van der Waals surface area contributed by atoms with Crippen molar-refractivity contribution in [2.75, 3.05) is 37.6 Å². The predicted molar refractivity (Wildman–Crippen MR) is 113 cm³/mol. The normalized spacial score (nSPS) is 21.6. The van der Waals surface area contributed by atoms with Gasteiger partial charge in [-0.25, -0.2) is 4.39 Å². The van der Waals surface area contributed by atoms with E-state index in [2.05, 4.69) is 15.1 Å². The van der Waals surface area contributed by atoms with Gasteiger partial charge in [-0.2, -0.15) is 0 Å². The van der Waals surface area contributed by atoms with Crippen molar-refractivity contribution in [2.24, 2.45) is 5.92 Å². The van der Waals surface area contributed by atoms with E-state index in [9.17, 15) is 9.18 Å². The summed E-state index contributed by atoms with van der Waals surface area (Å²) in [7, 11) is 0. The summed E-state index contributed by atoms with van der Waals surface area (Å²) >= 11 is 1.49. The minimum absolute atomic E-state index is 0.0553. The number of likely N-dealkylation sites (tertiary alicyclic amines) is 1. The highest BCUT2D eigenvalue weighted by molar-refractivity contribution is 7.12. The number of piperidine rings is 2. The zero-order valence-corrected chi connectivity index (χ0v) is 17.0.